The fourth-order valence-corrected chi connectivity index (χ4v) is 8.85. The van der Waals surface area contributed by atoms with Crippen molar-refractivity contribution in [2.75, 3.05) is 55.6 Å². The summed E-state index contributed by atoms with van der Waals surface area (Å²) in [6.07, 6.45) is 0.178. The van der Waals surface area contributed by atoms with Crippen LogP contribution in [-0.4, -0.2) is 105 Å². The highest BCUT2D eigenvalue weighted by atomic mass is 35.5. The van der Waals surface area contributed by atoms with Crippen LogP contribution in [0, 0.1) is 11.8 Å². The standard InChI is InChI=1S/C39H54ClF2N7O8S/c1-37(2,3)56-35(52)44-23-33(50)43-22-25-7-9-26(10-8-25)39(41,42)27-19-31(40)46-32(20-27)47-15-17-48(18-16-47)58(54,55)30-13-11-29(12-14-30)49-24-28(21-34(49)51)45-36(53)57-38(4,5)6/h11-14,19-20,25-26,28H,7-10,15-18,21-24H2,1-6H3,(H,43,50)(H,44,52)(H,45,53). The lowest BCUT2D eigenvalue weighted by Gasteiger charge is -2.36. The smallest absolute Gasteiger partial charge is 0.408 e. The molecule has 0 spiro atoms. The Hall–Kier alpha value is -4.29. The van der Waals surface area contributed by atoms with Crippen molar-refractivity contribution in [1.29, 1.82) is 0 Å². The number of ether oxygens (including phenoxy) is 2. The van der Waals surface area contributed by atoms with Crippen LogP contribution in [-0.2, 0) is 35.0 Å². The molecule has 1 aromatic carbocycles. The van der Waals surface area contributed by atoms with Gasteiger partial charge in [-0.15, -0.1) is 0 Å². The number of aromatic nitrogens is 1. The first kappa shape index (κ1) is 44.8. The number of nitrogens with zero attached hydrogens (tertiary/aromatic N) is 4. The summed E-state index contributed by atoms with van der Waals surface area (Å²) < 4.78 is 71.0. The Bertz CT molecular complexity index is 1930. The summed E-state index contributed by atoms with van der Waals surface area (Å²) in [4.78, 5) is 56.5. The van der Waals surface area contributed by atoms with Crippen LogP contribution in [0.15, 0.2) is 41.3 Å². The molecule has 2 saturated heterocycles. The van der Waals surface area contributed by atoms with Gasteiger partial charge in [-0.3, -0.25) is 9.59 Å². The van der Waals surface area contributed by atoms with Crippen LogP contribution < -0.4 is 25.8 Å². The van der Waals surface area contributed by atoms with Crippen molar-refractivity contribution in [2.45, 2.75) is 102 Å². The number of nitrogens with one attached hydrogen (secondary N) is 3. The van der Waals surface area contributed by atoms with E-state index in [1.807, 2.05) is 0 Å². The van der Waals surface area contributed by atoms with Gasteiger partial charge in [-0.25, -0.2) is 31.8 Å². The first-order valence-electron chi connectivity index (χ1n) is 19.4. The molecule has 1 aliphatic carbocycles. The fourth-order valence-electron chi connectivity index (χ4n) is 7.22. The molecule has 15 nitrogen and oxygen atoms in total. The van der Waals surface area contributed by atoms with Crippen LogP contribution >= 0.6 is 11.6 Å². The molecular weight excluding hydrogens is 800 g/mol. The van der Waals surface area contributed by atoms with E-state index in [4.69, 9.17) is 21.1 Å². The van der Waals surface area contributed by atoms with Gasteiger partial charge in [0.05, 0.1) is 17.5 Å². The van der Waals surface area contributed by atoms with Gasteiger partial charge in [-0.1, -0.05) is 11.6 Å². The minimum atomic E-state index is -3.93. The van der Waals surface area contributed by atoms with Gasteiger partial charge in [0.2, 0.25) is 21.8 Å². The second-order valence-electron chi connectivity index (χ2n) is 17.0. The third-order valence-electron chi connectivity index (χ3n) is 10.1. The summed E-state index contributed by atoms with van der Waals surface area (Å²) in [6.45, 7) is 11.1. The Morgan fingerprint density at radius 3 is 2.09 bits per heavy atom. The van der Waals surface area contributed by atoms with E-state index in [9.17, 15) is 27.6 Å². The number of carbonyl (C=O) groups excluding carboxylic acids is 4. The number of sulfonamides is 1. The molecule has 0 bridgehead atoms. The van der Waals surface area contributed by atoms with Crippen molar-refractivity contribution in [1.82, 2.24) is 25.2 Å². The molecule has 3 N–H and O–H groups in total. The van der Waals surface area contributed by atoms with Gasteiger partial charge in [-0.05, 0) is 110 Å². The molecule has 3 aliphatic rings. The van der Waals surface area contributed by atoms with Gasteiger partial charge in [0.15, 0.2) is 0 Å². The molecule has 19 heteroatoms. The Kier molecular flexibility index (Phi) is 13.8. The molecule has 0 radical (unpaired) electrons. The number of amides is 4. The first-order chi connectivity index (χ1) is 27.0. The zero-order chi connectivity index (χ0) is 42.6. The molecule has 1 atom stereocenters. The van der Waals surface area contributed by atoms with Crippen LogP contribution in [0.2, 0.25) is 5.15 Å². The van der Waals surface area contributed by atoms with Crippen molar-refractivity contribution in [3.05, 3.63) is 47.1 Å². The number of alkyl halides is 2. The first-order valence-corrected chi connectivity index (χ1v) is 21.3. The van der Waals surface area contributed by atoms with E-state index >= 15 is 8.78 Å². The number of halogens is 3. The lowest BCUT2D eigenvalue weighted by molar-refractivity contribution is -0.120. The van der Waals surface area contributed by atoms with Crippen LogP contribution in [0.5, 0.6) is 0 Å². The predicted octanol–water partition coefficient (Wildman–Crippen LogP) is 5.42. The molecular formula is C39H54ClF2N7O8S. The number of piperazine rings is 1. The van der Waals surface area contributed by atoms with Crippen molar-refractivity contribution in [2.24, 2.45) is 11.8 Å². The van der Waals surface area contributed by atoms with Crippen LogP contribution in [0.25, 0.3) is 0 Å². The lowest BCUT2D eigenvalue weighted by atomic mass is 9.77. The lowest BCUT2D eigenvalue weighted by Crippen LogP contribution is -2.49. The second-order valence-corrected chi connectivity index (χ2v) is 19.3. The highest BCUT2D eigenvalue weighted by Gasteiger charge is 2.44. The highest BCUT2D eigenvalue weighted by Crippen LogP contribution is 2.46. The topological polar surface area (TPSA) is 180 Å². The minimum Gasteiger partial charge on any atom is -0.444 e. The van der Waals surface area contributed by atoms with E-state index in [1.54, 1.807) is 58.6 Å². The maximum Gasteiger partial charge on any atom is 0.408 e. The summed E-state index contributed by atoms with van der Waals surface area (Å²) in [5.74, 6) is -4.54. The van der Waals surface area contributed by atoms with E-state index in [1.165, 1.54) is 33.5 Å². The maximum atomic E-state index is 16.0. The molecule has 5 rings (SSSR count). The number of alkyl carbamates (subject to hydrolysis) is 2. The molecule has 1 saturated carbocycles. The maximum absolute atomic E-state index is 16.0. The van der Waals surface area contributed by atoms with Crippen molar-refractivity contribution >= 4 is 57.1 Å². The summed E-state index contributed by atoms with van der Waals surface area (Å²) in [5.41, 5.74) is -1.15. The SMILES string of the molecule is CC(C)(C)OC(=O)NCC(=O)NCC1CCC(C(F)(F)c2cc(Cl)nc(N3CCN(S(=O)(=O)c4ccc(N5CC(NC(=O)OC(C)(C)C)CC5=O)cc4)CC3)c2)CC1. The Morgan fingerprint density at radius 2 is 1.48 bits per heavy atom. The van der Waals surface area contributed by atoms with Crippen molar-refractivity contribution < 1.29 is 45.9 Å². The van der Waals surface area contributed by atoms with Crippen molar-refractivity contribution in [3.63, 3.8) is 0 Å². The van der Waals surface area contributed by atoms with Crippen LogP contribution in [0.1, 0.15) is 79.2 Å². The summed E-state index contributed by atoms with van der Waals surface area (Å²) in [6, 6.07) is 8.00. The second kappa shape index (κ2) is 17.9. The molecule has 3 fully saturated rings. The number of hydrogen-bond acceptors (Lipinski definition) is 10. The highest BCUT2D eigenvalue weighted by molar-refractivity contribution is 7.89. The third kappa shape index (κ3) is 11.9. The molecule has 3 heterocycles. The fraction of sp³-hybridized carbons (Fsp3) is 0.615. The van der Waals surface area contributed by atoms with Gasteiger partial charge >= 0.3 is 12.2 Å². The summed E-state index contributed by atoms with van der Waals surface area (Å²) >= 11 is 6.29. The normalized spacial score (nSPS) is 21.1. The molecule has 1 aromatic heterocycles. The van der Waals surface area contributed by atoms with Crippen LogP contribution in [0.4, 0.5) is 29.9 Å². The van der Waals surface area contributed by atoms with E-state index in [2.05, 4.69) is 20.9 Å². The van der Waals surface area contributed by atoms with Gasteiger partial charge in [0, 0.05) is 62.9 Å². The Morgan fingerprint density at radius 1 is 0.879 bits per heavy atom. The zero-order valence-electron chi connectivity index (χ0n) is 33.8. The molecule has 4 amide bonds. The Labute approximate surface area is 343 Å². The van der Waals surface area contributed by atoms with Gasteiger partial charge < -0.3 is 35.2 Å². The third-order valence-corrected chi connectivity index (χ3v) is 12.2. The number of anilines is 2. The minimum absolute atomic E-state index is 0.0106. The monoisotopic (exact) mass is 853 g/mol. The molecule has 58 heavy (non-hydrogen) atoms. The van der Waals surface area contributed by atoms with E-state index < -0.39 is 57.2 Å². The Balaban J connectivity index is 1.11. The number of rotatable bonds is 11. The number of benzene rings is 1. The molecule has 320 valence electrons. The average Bonchev–Trinajstić information content (AvgIpc) is 3.50. The number of hydrogen-bond donors (Lipinski definition) is 3. The zero-order valence-corrected chi connectivity index (χ0v) is 35.4. The summed E-state index contributed by atoms with van der Waals surface area (Å²) in [7, 11) is -3.93. The molecule has 1 unspecified atom stereocenters. The summed E-state index contributed by atoms with van der Waals surface area (Å²) in [5, 5.41) is 7.76. The quantitative estimate of drug-likeness (QED) is 0.248. The van der Waals surface area contributed by atoms with E-state index in [0.29, 0.717) is 25.1 Å². The average molecular weight is 854 g/mol. The largest absolute Gasteiger partial charge is 0.444 e. The number of pyridine rings is 1. The molecule has 2 aromatic rings. The van der Waals surface area contributed by atoms with E-state index in [-0.39, 0.29) is 91.8 Å². The number of carbonyl (C=O) groups is 4. The van der Waals surface area contributed by atoms with Crippen LogP contribution in [0.3, 0.4) is 0 Å². The molecule has 2 aliphatic heterocycles. The van der Waals surface area contributed by atoms with Crippen molar-refractivity contribution in [3.8, 4) is 0 Å². The van der Waals surface area contributed by atoms with Gasteiger partial charge in [0.1, 0.15) is 22.2 Å². The van der Waals surface area contributed by atoms with E-state index in [0.717, 1.165) is 0 Å². The predicted molar refractivity (Wildman–Crippen MR) is 213 cm³/mol. The van der Waals surface area contributed by atoms with Gasteiger partial charge in [0.25, 0.3) is 5.92 Å². The van der Waals surface area contributed by atoms with Gasteiger partial charge in [-0.2, -0.15) is 4.31 Å².